The summed E-state index contributed by atoms with van der Waals surface area (Å²) in [6, 6.07) is 0. The van der Waals surface area contributed by atoms with E-state index in [0.717, 1.165) is 13.1 Å². The Labute approximate surface area is 103 Å². The summed E-state index contributed by atoms with van der Waals surface area (Å²) in [7, 11) is 0. The first-order valence-electron chi connectivity index (χ1n) is 7.09. The van der Waals surface area contributed by atoms with Gasteiger partial charge in [-0.1, -0.05) is 46.5 Å². The van der Waals surface area contributed by atoms with Crippen LogP contribution in [0.3, 0.4) is 0 Å². The number of rotatable bonds is 10. The largest absolute Gasteiger partial charge is 0.329 e. The van der Waals surface area contributed by atoms with Crippen LogP contribution in [0.5, 0.6) is 0 Å². The highest BCUT2D eigenvalue weighted by atomic mass is 15.2. The first kappa shape index (κ1) is 15.9. The predicted molar refractivity (Wildman–Crippen MR) is 73.8 cm³/mol. The van der Waals surface area contributed by atoms with Gasteiger partial charge in [0.25, 0.3) is 0 Å². The van der Waals surface area contributed by atoms with Crippen LogP contribution in [-0.4, -0.2) is 30.1 Å². The average Bonchev–Trinajstić information content (AvgIpc) is 2.31. The zero-order valence-electron chi connectivity index (χ0n) is 11.9. The van der Waals surface area contributed by atoms with Crippen LogP contribution in [0, 0.1) is 0 Å². The van der Waals surface area contributed by atoms with Crippen LogP contribution in [0.15, 0.2) is 0 Å². The summed E-state index contributed by atoms with van der Waals surface area (Å²) >= 11 is 0. The lowest BCUT2D eigenvalue weighted by Crippen LogP contribution is -2.51. The number of hydrogen-bond acceptors (Lipinski definition) is 2. The molecule has 0 aliphatic carbocycles. The Balaban J connectivity index is 4.14. The third-order valence-corrected chi connectivity index (χ3v) is 3.65. The van der Waals surface area contributed by atoms with Crippen LogP contribution in [0.2, 0.25) is 0 Å². The maximum Gasteiger partial charge on any atom is 0.0303 e. The predicted octanol–water partition coefficient (Wildman–Crippen LogP) is 3.41. The van der Waals surface area contributed by atoms with Gasteiger partial charge in [0, 0.05) is 12.1 Å². The average molecular weight is 228 g/mol. The molecule has 0 rings (SSSR count). The fraction of sp³-hybridized carbons (Fsp3) is 1.00. The van der Waals surface area contributed by atoms with Crippen LogP contribution < -0.4 is 5.73 Å². The van der Waals surface area contributed by atoms with E-state index < -0.39 is 0 Å². The van der Waals surface area contributed by atoms with Crippen molar-refractivity contribution in [2.45, 2.75) is 71.8 Å². The standard InChI is InChI=1S/C14H32N2/c1-5-8-9-10-11-14(4,13-15)16(7-3)12-6-2/h5-13,15H2,1-4H3. The van der Waals surface area contributed by atoms with Gasteiger partial charge in [0.2, 0.25) is 0 Å². The van der Waals surface area contributed by atoms with Gasteiger partial charge >= 0.3 is 0 Å². The Morgan fingerprint density at radius 3 is 2.12 bits per heavy atom. The fourth-order valence-electron chi connectivity index (χ4n) is 2.40. The van der Waals surface area contributed by atoms with Crippen molar-refractivity contribution in [3.05, 3.63) is 0 Å². The summed E-state index contributed by atoms with van der Waals surface area (Å²) < 4.78 is 0. The first-order valence-corrected chi connectivity index (χ1v) is 7.09. The zero-order valence-corrected chi connectivity index (χ0v) is 11.9. The molecule has 0 aromatic carbocycles. The molecule has 2 nitrogen and oxygen atoms in total. The first-order chi connectivity index (χ1) is 7.64. The third-order valence-electron chi connectivity index (χ3n) is 3.65. The van der Waals surface area contributed by atoms with Gasteiger partial charge in [-0.25, -0.2) is 0 Å². The van der Waals surface area contributed by atoms with Crippen LogP contribution >= 0.6 is 0 Å². The van der Waals surface area contributed by atoms with Gasteiger partial charge in [-0.3, -0.25) is 4.90 Å². The van der Waals surface area contributed by atoms with E-state index in [2.05, 4.69) is 32.6 Å². The minimum absolute atomic E-state index is 0.221. The molecule has 0 aliphatic heterocycles. The molecule has 0 aromatic heterocycles. The highest BCUT2D eigenvalue weighted by Crippen LogP contribution is 2.22. The van der Waals surface area contributed by atoms with Crippen LogP contribution in [0.25, 0.3) is 0 Å². The van der Waals surface area contributed by atoms with Crippen molar-refractivity contribution in [3.63, 3.8) is 0 Å². The Morgan fingerprint density at radius 2 is 1.69 bits per heavy atom. The number of hydrogen-bond donors (Lipinski definition) is 1. The van der Waals surface area contributed by atoms with E-state index in [0.29, 0.717) is 0 Å². The normalized spacial score (nSPS) is 15.4. The number of nitrogens with zero attached hydrogens (tertiary/aromatic N) is 1. The van der Waals surface area contributed by atoms with E-state index in [1.165, 1.54) is 45.1 Å². The smallest absolute Gasteiger partial charge is 0.0303 e. The van der Waals surface area contributed by atoms with E-state index in [9.17, 15) is 0 Å². The highest BCUT2D eigenvalue weighted by Gasteiger charge is 2.27. The van der Waals surface area contributed by atoms with Crippen molar-refractivity contribution in [1.29, 1.82) is 0 Å². The molecule has 0 aromatic rings. The number of nitrogens with two attached hydrogens (primary N) is 1. The van der Waals surface area contributed by atoms with Crippen molar-refractivity contribution in [3.8, 4) is 0 Å². The van der Waals surface area contributed by atoms with E-state index >= 15 is 0 Å². The molecule has 0 radical (unpaired) electrons. The molecule has 16 heavy (non-hydrogen) atoms. The molecular formula is C14H32N2. The second-order valence-electron chi connectivity index (χ2n) is 5.09. The Bertz CT molecular complexity index is 159. The van der Waals surface area contributed by atoms with E-state index in [4.69, 9.17) is 5.73 Å². The summed E-state index contributed by atoms with van der Waals surface area (Å²) in [5, 5.41) is 0. The highest BCUT2D eigenvalue weighted by molar-refractivity contribution is 4.86. The molecule has 0 saturated heterocycles. The van der Waals surface area contributed by atoms with Crippen molar-refractivity contribution in [2.75, 3.05) is 19.6 Å². The molecule has 0 fully saturated rings. The van der Waals surface area contributed by atoms with Crippen molar-refractivity contribution in [1.82, 2.24) is 4.90 Å². The van der Waals surface area contributed by atoms with Gasteiger partial charge in [0.05, 0.1) is 0 Å². The molecule has 2 heteroatoms. The third kappa shape index (κ3) is 5.31. The van der Waals surface area contributed by atoms with Crippen molar-refractivity contribution in [2.24, 2.45) is 5.73 Å². The van der Waals surface area contributed by atoms with Crippen LogP contribution in [-0.2, 0) is 0 Å². The van der Waals surface area contributed by atoms with Gasteiger partial charge in [-0.05, 0) is 32.9 Å². The molecule has 0 bridgehead atoms. The SMILES string of the molecule is CCCCCCC(C)(CN)N(CC)CCC. The second kappa shape index (κ2) is 9.00. The molecule has 0 heterocycles. The van der Waals surface area contributed by atoms with E-state index in [1.54, 1.807) is 0 Å². The topological polar surface area (TPSA) is 29.3 Å². The summed E-state index contributed by atoms with van der Waals surface area (Å²) in [6.07, 6.45) is 7.82. The lowest BCUT2D eigenvalue weighted by atomic mass is 9.91. The molecule has 0 aliphatic rings. The monoisotopic (exact) mass is 228 g/mol. The Morgan fingerprint density at radius 1 is 1.00 bits per heavy atom. The van der Waals surface area contributed by atoms with Crippen LogP contribution in [0.4, 0.5) is 0 Å². The van der Waals surface area contributed by atoms with Crippen molar-refractivity contribution < 1.29 is 0 Å². The van der Waals surface area contributed by atoms with Crippen LogP contribution in [0.1, 0.15) is 66.2 Å². The minimum Gasteiger partial charge on any atom is -0.329 e. The van der Waals surface area contributed by atoms with Crippen molar-refractivity contribution >= 4 is 0 Å². The van der Waals surface area contributed by atoms with Gasteiger partial charge in [0.15, 0.2) is 0 Å². The Hall–Kier alpha value is -0.0800. The molecule has 0 amide bonds. The zero-order chi connectivity index (χ0) is 12.4. The van der Waals surface area contributed by atoms with E-state index in [1.807, 2.05) is 0 Å². The summed E-state index contributed by atoms with van der Waals surface area (Å²) in [5.74, 6) is 0. The molecule has 98 valence electrons. The Kier molecular flexibility index (Phi) is 8.96. The van der Waals surface area contributed by atoms with Gasteiger partial charge in [-0.2, -0.15) is 0 Å². The molecule has 1 unspecified atom stereocenters. The quantitative estimate of drug-likeness (QED) is 0.581. The molecule has 0 saturated carbocycles. The lowest BCUT2D eigenvalue weighted by molar-refractivity contribution is 0.105. The maximum atomic E-state index is 5.99. The maximum absolute atomic E-state index is 5.99. The minimum atomic E-state index is 0.221. The fourth-order valence-corrected chi connectivity index (χ4v) is 2.40. The summed E-state index contributed by atoms with van der Waals surface area (Å²) in [5.41, 5.74) is 6.21. The molecule has 2 N–H and O–H groups in total. The molecule has 0 spiro atoms. The second-order valence-corrected chi connectivity index (χ2v) is 5.09. The summed E-state index contributed by atoms with van der Waals surface area (Å²) in [6.45, 7) is 12.2. The summed E-state index contributed by atoms with van der Waals surface area (Å²) in [4.78, 5) is 2.55. The molecular weight excluding hydrogens is 196 g/mol. The van der Waals surface area contributed by atoms with Gasteiger partial charge in [0.1, 0.15) is 0 Å². The van der Waals surface area contributed by atoms with Gasteiger partial charge in [-0.15, -0.1) is 0 Å². The molecule has 1 atom stereocenters. The number of unbranched alkanes of at least 4 members (excludes halogenated alkanes) is 3. The van der Waals surface area contributed by atoms with Gasteiger partial charge < -0.3 is 5.73 Å². The number of likely N-dealkylation sites (N-methyl/N-ethyl adjacent to an activating group) is 1. The van der Waals surface area contributed by atoms with E-state index in [-0.39, 0.29) is 5.54 Å². The lowest BCUT2D eigenvalue weighted by Gasteiger charge is -2.40.